The summed E-state index contributed by atoms with van der Waals surface area (Å²) in [7, 11) is 0. The minimum Gasteiger partial charge on any atom is -0.508 e. The van der Waals surface area contributed by atoms with Crippen molar-refractivity contribution in [3.63, 3.8) is 0 Å². The van der Waals surface area contributed by atoms with Crippen LogP contribution < -0.4 is 0 Å². The first-order valence-corrected chi connectivity index (χ1v) is 4.53. The Morgan fingerprint density at radius 1 is 1.31 bits per heavy atom. The van der Waals surface area contributed by atoms with E-state index in [1.54, 1.807) is 12.1 Å². The van der Waals surface area contributed by atoms with Gasteiger partial charge in [-0.15, -0.1) is 0 Å². The van der Waals surface area contributed by atoms with Crippen molar-refractivity contribution in [2.24, 2.45) is 5.92 Å². The minimum atomic E-state index is 0.286. The van der Waals surface area contributed by atoms with E-state index in [2.05, 4.69) is 25.7 Å². The molecule has 0 heterocycles. The lowest BCUT2D eigenvalue weighted by Gasteiger charge is -1.95. The third kappa shape index (κ3) is 3.21. The summed E-state index contributed by atoms with van der Waals surface area (Å²) in [6.07, 6.45) is 1.07. The van der Waals surface area contributed by atoms with Crippen LogP contribution in [0.4, 0.5) is 0 Å². The van der Waals surface area contributed by atoms with Crippen LogP contribution in [-0.4, -0.2) is 5.11 Å². The van der Waals surface area contributed by atoms with Crippen molar-refractivity contribution in [2.45, 2.75) is 20.3 Å². The van der Waals surface area contributed by atoms with Gasteiger partial charge in [0.25, 0.3) is 0 Å². The van der Waals surface area contributed by atoms with Crippen molar-refractivity contribution in [3.05, 3.63) is 29.8 Å². The predicted octanol–water partition coefficient (Wildman–Crippen LogP) is 2.79. The number of hydrogen-bond acceptors (Lipinski definition) is 1. The maximum absolute atomic E-state index is 9.03. The zero-order chi connectivity index (χ0) is 9.68. The summed E-state index contributed by atoms with van der Waals surface area (Å²) >= 11 is 0. The van der Waals surface area contributed by atoms with E-state index in [1.807, 2.05) is 12.1 Å². The van der Waals surface area contributed by atoms with Crippen molar-refractivity contribution in [1.82, 2.24) is 0 Å². The van der Waals surface area contributed by atoms with Crippen LogP contribution in [0.25, 0.3) is 0 Å². The van der Waals surface area contributed by atoms with Crippen LogP contribution in [0.2, 0.25) is 0 Å². The van der Waals surface area contributed by atoms with E-state index in [4.69, 9.17) is 5.11 Å². The molecule has 0 saturated carbocycles. The molecule has 68 valence electrons. The molecule has 1 rings (SSSR count). The lowest BCUT2D eigenvalue weighted by molar-refractivity contribution is 0.475. The molecule has 1 unspecified atom stereocenters. The maximum atomic E-state index is 9.03. The van der Waals surface area contributed by atoms with E-state index in [0.717, 1.165) is 12.0 Å². The standard InChI is InChI=1S/C12H14O/c1-3-10(2)4-5-11-6-8-12(13)9-7-11/h6-10,13H,3H2,1-2H3. The predicted molar refractivity (Wildman–Crippen MR) is 54.4 cm³/mol. The molecule has 0 aromatic heterocycles. The first-order valence-electron chi connectivity index (χ1n) is 4.53. The molecular formula is C12H14O. The second-order valence-electron chi connectivity index (χ2n) is 3.13. The molecule has 13 heavy (non-hydrogen) atoms. The number of phenolic OH excluding ortho intramolecular Hbond substituents is 1. The van der Waals surface area contributed by atoms with Crippen molar-refractivity contribution >= 4 is 0 Å². The van der Waals surface area contributed by atoms with Crippen LogP contribution >= 0.6 is 0 Å². The summed E-state index contributed by atoms with van der Waals surface area (Å²) in [5, 5.41) is 9.03. The Morgan fingerprint density at radius 3 is 2.46 bits per heavy atom. The number of hydrogen-bond donors (Lipinski definition) is 1. The van der Waals surface area contributed by atoms with Crippen molar-refractivity contribution in [2.75, 3.05) is 0 Å². The second-order valence-corrected chi connectivity index (χ2v) is 3.13. The molecule has 0 aliphatic rings. The van der Waals surface area contributed by atoms with E-state index >= 15 is 0 Å². The van der Waals surface area contributed by atoms with Gasteiger partial charge in [-0.3, -0.25) is 0 Å². The monoisotopic (exact) mass is 174 g/mol. The van der Waals surface area contributed by atoms with Crippen LogP contribution in [0.5, 0.6) is 5.75 Å². The Hall–Kier alpha value is -1.42. The van der Waals surface area contributed by atoms with Crippen LogP contribution in [0, 0.1) is 17.8 Å². The van der Waals surface area contributed by atoms with Crippen LogP contribution in [0.15, 0.2) is 24.3 Å². The van der Waals surface area contributed by atoms with E-state index in [1.165, 1.54) is 0 Å². The van der Waals surface area contributed by atoms with Crippen molar-refractivity contribution < 1.29 is 5.11 Å². The Morgan fingerprint density at radius 2 is 1.92 bits per heavy atom. The van der Waals surface area contributed by atoms with Gasteiger partial charge in [-0.1, -0.05) is 25.7 Å². The lowest BCUT2D eigenvalue weighted by atomic mass is 10.1. The molecule has 0 bridgehead atoms. The van der Waals surface area contributed by atoms with Crippen molar-refractivity contribution in [3.8, 4) is 17.6 Å². The molecule has 0 spiro atoms. The Bertz CT molecular complexity index is 313. The van der Waals surface area contributed by atoms with Gasteiger partial charge in [0.05, 0.1) is 0 Å². The summed E-state index contributed by atoms with van der Waals surface area (Å²) in [5.41, 5.74) is 0.957. The number of phenols is 1. The van der Waals surface area contributed by atoms with E-state index < -0.39 is 0 Å². The molecule has 1 atom stereocenters. The Labute approximate surface area is 79.4 Å². The van der Waals surface area contributed by atoms with Gasteiger partial charge in [0.15, 0.2) is 0 Å². The fourth-order valence-corrected chi connectivity index (χ4v) is 0.853. The molecule has 0 fully saturated rings. The minimum absolute atomic E-state index is 0.286. The van der Waals surface area contributed by atoms with E-state index in [0.29, 0.717) is 5.92 Å². The fourth-order valence-electron chi connectivity index (χ4n) is 0.853. The molecule has 0 radical (unpaired) electrons. The molecule has 0 aliphatic heterocycles. The summed E-state index contributed by atoms with van der Waals surface area (Å²) in [6.45, 7) is 4.23. The number of aromatic hydroxyl groups is 1. The van der Waals surface area contributed by atoms with E-state index in [-0.39, 0.29) is 5.75 Å². The third-order valence-corrected chi connectivity index (χ3v) is 1.94. The Balaban J connectivity index is 2.72. The number of rotatable bonds is 1. The smallest absolute Gasteiger partial charge is 0.115 e. The molecule has 0 amide bonds. The van der Waals surface area contributed by atoms with Crippen LogP contribution in [0.3, 0.4) is 0 Å². The highest BCUT2D eigenvalue weighted by Crippen LogP contribution is 2.08. The summed E-state index contributed by atoms with van der Waals surface area (Å²) in [6, 6.07) is 6.96. The van der Waals surface area contributed by atoms with Crippen molar-refractivity contribution in [1.29, 1.82) is 0 Å². The molecule has 0 aliphatic carbocycles. The van der Waals surface area contributed by atoms with Gasteiger partial charge in [0.2, 0.25) is 0 Å². The third-order valence-electron chi connectivity index (χ3n) is 1.94. The zero-order valence-electron chi connectivity index (χ0n) is 8.04. The molecule has 1 N–H and O–H groups in total. The lowest BCUT2D eigenvalue weighted by Crippen LogP contribution is -1.85. The SMILES string of the molecule is CCC(C)C#Cc1ccc(O)cc1. The summed E-state index contributed by atoms with van der Waals surface area (Å²) < 4.78 is 0. The van der Waals surface area contributed by atoms with Gasteiger partial charge in [-0.25, -0.2) is 0 Å². The van der Waals surface area contributed by atoms with Gasteiger partial charge >= 0.3 is 0 Å². The van der Waals surface area contributed by atoms with Crippen LogP contribution in [-0.2, 0) is 0 Å². The highest BCUT2D eigenvalue weighted by molar-refractivity contribution is 5.37. The average Bonchev–Trinajstić information content (AvgIpc) is 2.16. The number of benzene rings is 1. The van der Waals surface area contributed by atoms with E-state index in [9.17, 15) is 0 Å². The normalized spacial score (nSPS) is 11.5. The highest BCUT2D eigenvalue weighted by Gasteiger charge is 1.90. The molecule has 0 saturated heterocycles. The first kappa shape index (κ1) is 9.67. The van der Waals surface area contributed by atoms with Gasteiger partial charge in [0.1, 0.15) is 5.75 Å². The quantitative estimate of drug-likeness (QED) is 0.649. The Kier molecular flexibility index (Phi) is 3.40. The molecule has 1 aromatic carbocycles. The van der Waals surface area contributed by atoms with Crippen LogP contribution in [0.1, 0.15) is 25.8 Å². The zero-order valence-corrected chi connectivity index (χ0v) is 8.04. The molecule has 1 nitrogen and oxygen atoms in total. The average molecular weight is 174 g/mol. The van der Waals surface area contributed by atoms with Gasteiger partial charge < -0.3 is 5.11 Å². The highest BCUT2D eigenvalue weighted by atomic mass is 16.3. The second kappa shape index (κ2) is 4.57. The maximum Gasteiger partial charge on any atom is 0.115 e. The summed E-state index contributed by atoms with van der Waals surface area (Å²) in [5.74, 6) is 6.92. The molecule has 1 heteroatoms. The fraction of sp³-hybridized carbons (Fsp3) is 0.333. The topological polar surface area (TPSA) is 20.2 Å². The largest absolute Gasteiger partial charge is 0.508 e. The van der Waals surface area contributed by atoms with Gasteiger partial charge in [-0.2, -0.15) is 0 Å². The molecule has 1 aromatic rings. The summed E-state index contributed by atoms with van der Waals surface area (Å²) in [4.78, 5) is 0. The van der Waals surface area contributed by atoms with Gasteiger partial charge in [-0.05, 0) is 30.7 Å². The first-order chi connectivity index (χ1) is 6.22. The van der Waals surface area contributed by atoms with Gasteiger partial charge in [0, 0.05) is 11.5 Å². The molecular weight excluding hydrogens is 160 g/mol.